The average Bonchev–Trinajstić information content (AvgIpc) is 2.68. The fourth-order valence-corrected chi connectivity index (χ4v) is 1.83. The predicted molar refractivity (Wildman–Crippen MR) is 73.3 cm³/mol. The zero-order valence-electron chi connectivity index (χ0n) is 11.7. The summed E-state index contributed by atoms with van der Waals surface area (Å²) >= 11 is 0. The molecule has 0 bridgehead atoms. The molecule has 0 spiro atoms. The Balaban J connectivity index is 2.26. The number of rotatable bonds is 4. The minimum atomic E-state index is -0.713. The number of carbonyl (C=O) groups excluding carboxylic acids is 1. The van der Waals surface area contributed by atoms with Crippen molar-refractivity contribution < 1.29 is 9.53 Å². The van der Waals surface area contributed by atoms with Gasteiger partial charge in [0, 0.05) is 0 Å². The van der Waals surface area contributed by atoms with E-state index >= 15 is 0 Å². The maximum atomic E-state index is 12.0. The Morgan fingerprint density at radius 1 is 1.42 bits per heavy atom. The molecule has 1 atom stereocenters. The van der Waals surface area contributed by atoms with Crippen LogP contribution in [0.4, 0.5) is 0 Å². The van der Waals surface area contributed by atoms with E-state index in [4.69, 9.17) is 4.74 Å². The third kappa shape index (κ3) is 2.45. The topological polar surface area (TPSA) is 63.6 Å². The van der Waals surface area contributed by atoms with E-state index < -0.39 is 5.54 Å². The number of aromatic nitrogens is 1. The van der Waals surface area contributed by atoms with Crippen LogP contribution in [0.5, 0.6) is 5.75 Å². The highest BCUT2D eigenvalue weighted by atomic mass is 16.5. The van der Waals surface area contributed by atoms with Gasteiger partial charge in [0.25, 0.3) is 5.91 Å². The molecule has 1 N–H and O–H groups in total. The van der Waals surface area contributed by atoms with Crippen molar-refractivity contribution in [3.63, 3.8) is 0 Å². The minimum Gasteiger partial charge on any atom is -0.492 e. The molecule has 0 saturated carbocycles. The largest absolute Gasteiger partial charge is 0.492 e. The van der Waals surface area contributed by atoms with Gasteiger partial charge in [-0.1, -0.05) is 13.8 Å². The molecule has 1 amide bonds. The number of pyridine rings is 1. The quantitative estimate of drug-likeness (QED) is 0.898. The van der Waals surface area contributed by atoms with Gasteiger partial charge in [-0.05, 0) is 31.9 Å². The van der Waals surface area contributed by atoms with E-state index in [2.05, 4.69) is 15.3 Å². The molecule has 0 saturated heterocycles. The van der Waals surface area contributed by atoms with E-state index in [0.717, 1.165) is 0 Å². The van der Waals surface area contributed by atoms with E-state index in [0.29, 0.717) is 23.9 Å². The van der Waals surface area contributed by atoms with Crippen LogP contribution in [-0.4, -0.2) is 28.9 Å². The molecule has 0 aromatic carbocycles. The Labute approximate surface area is 113 Å². The Bertz CT molecular complexity index is 508. The highest BCUT2D eigenvalue weighted by molar-refractivity contribution is 6.14. The molecule has 0 aliphatic carbocycles. The zero-order chi connectivity index (χ0) is 14.0. The highest BCUT2D eigenvalue weighted by Crippen LogP contribution is 2.26. The van der Waals surface area contributed by atoms with Crippen LogP contribution in [-0.2, 0) is 4.79 Å². The second-order valence-corrected chi connectivity index (χ2v) is 5.03. The van der Waals surface area contributed by atoms with Gasteiger partial charge < -0.3 is 10.1 Å². The molecule has 2 rings (SSSR count). The number of hydrogen-bond acceptors (Lipinski definition) is 4. The summed E-state index contributed by atoms with van der Waals surface area (Å²) < 4.78 is 5.33. The van der Waals surface area contributed by atoms with Crippen LogP contribution < -0.4 is 10.1 Å². The van der Waals surface area contributed by atoms with E-state index in [-0.39, 0.29) is 11.8 Å². The molecular formula is C14H19N3O2. The van der Waals surface area contributed by atoms with Crippen LogP contribution in [0.15, 0.2) is 23.3 Å². The third-order valence-electron chi connectivity index (χ3n) is 3.45. The zero-order valence-corrected chi connectivity index (χ0v) is 11.7. The maximum Gasteiger partial charge on any atom is 0.253 e. The van der Waals surface area contributed by atoms with Gasteiger partial charge in [-0.2, -0.15) is 0 Å². The van der Waals surface area contributed by atoms with Gasteiger partial charge in [-0.3, -0.25) is 4.79 Å². The van der Waals surface area contributed by atoms with Crippen molar-refractivity contribution in [2.24, 2.45) is 10.9 Å². The second kappa shape index (κ2) is 4.99. The third-order valence-corrected chi connectivity index (χ3v) is 3.45. The SMILES string of the molecule is CCOc1ccc(C2=NC(C)(C(C)C)C(=O)N2)nc1. The summed E-state index contributed by atoms with van der Waals surface area (Å²) in [6.45, 7) is 8.33. The molecule has 19 heavy (non-hydrogen) atoms. The number of amides is 1. The molecule has 1 aliphatic rings. The number of hydrogen-bond donors (Lipinski definition) is 1. The first-order valence-electron chi connectivity index (χ1n) is 6.48. The van der Waals surface area contributed by atoms with Crippen molar-refractivity contribution in [1.82, 2.24) is 10.3 Å². The normalized spacial score (nSPS) is 22.4. The van der Waals surface area contributed by atoms with E-state index in [1.54, 1.807) is 12.3 Å². The highest BCUT2D eigenvalue weighted by Gasteiger charge is 2.42. The van der Waals surface area contributed by atoms with E-state index in [9.17, 15) is 4.79 Å². The lowest BCUT2D eigenvalue weighted by atomic mass is 9.89. The Morgan fingerprint density at radius 2 is 2.16 bits per heavy atom. The summed E-state index contributed by atoms with van der Waals surface area (Å²) in [6.07, 6.45) is 1.64. The molecule has 102 valence electrons. The smallest absolute Gasteiger partial charge is 0.253 e. The van der Waals surface area contributed by atoms with Gasteiger partial charge in [-0.25, -0.2) is 9.98 Å². The fraction of sp³-hybridized carbons (Fsp3) is 0.500. The van der Waals surface area contributed by atoms with Crippen LogP contribution in [0.2, 0.25) is 0 Å². The van der Waals surface area contributed by atoms with Gasteiger partial charge in [0.1, 0.15) is 17.0 Å². The number of carbonyl (C=O) groups is 1. The van der Waals surface area contributed by atoms with Gasteiger partial charge in [0.15, 0.2) is 5.84 Å². The first-order valence-corrected chi connectivity index (χ1v) is 6.48. The van der Waals surface area contributed by atoms with Crippen LogP contribution in [0.25, 0.3) is 0 Å². The minimum absolute atomic E-state index is 0.0758. The van der Waals surface area contributed by atoms with Crippen LogP contribution in [0.1, 0.15) is 33.4 Å². The molecule has 0 radical (unpaired) electrons. The van der Waals surface area contributed by atoms with Gasteiger partial charge >= 0.3 is 0 Å². The number of nitrogens with zero attached hydrogens (tertiary/aromatic N) is 2. The molecule has 1 unspecified atom stereocenters. The Morgan fingerprint density at radius 3 is 2.63 bits per heavy atom. The molecule has 5 heteroatoms. The van der Waals surface area contributed by atoms with Crippen molar-refractivity contribution in [2.75, 3.05) is 6.61 Å². The van der Waals surface area contributed by atoms with Crippen molar-refractivity contribution in [3.8, 4) is 5.75 Å². The van der Waals surface area contributed by atoms with Gasteiger partial charge in [0.05, 0.1) is 12.8 Å². The molecule has 5 nitrogen and oxygen atoms in total. The number of nitrogens with one attached hydrogen (secondary N) is 1. The van der Waals surface area contributed by atoms with Crippen LogP contribution in [0.3, 0.4) is 0 Å². The maximum absolute atomic E-state index is 12.0. The molecule has 1 aromatic rings. The first kappa shape index (κ1) is 13.5. The van der Waals surface area contributed by atoms with Crippen molar-refractivity contribution in [3.05, 3.63) is 24.0 Å². The lowest BCUT2D eigenvalue weighted by Crippen LogP contribution is -2.41. The lowest BCUT2D eigenvalue weighted by Gasteiger charge is -2.21. The van der Waals surface area contributed by atoms with Crippen LogP contribution >= 0.6 is 0 Å². The summed E-state index contributed by atoms with van der Waals surface area (Å²) in [4.78, 5) is 20.8. The Kier molecular flexibility index (Phi) is 3.55. The summed E-state index contributed by atoms with van der Waals surface area (Å²) in [6, 6.07) is 3.63. The number of amidine groups is 1. The molecule has 1 aromatic heterocycles. The summed E-state index contributed by atoms with van der Waals surface area (Å²) in [5.41, 5.74) is -0.0588. The first-order chi connectivity index (χ1) is 8.97. The Hall–Kier alpha value is -1.91. The van der Waals surface area contributed by atoms with Crippen molar-refractivity contribution in [2.45, 2.75) is 33.2 Å². The fourth-order valence-electron chi connectivity index (χ4n) is 1.83. The van der Waals surface area contributed by atoms with E-state index in [1.165, 1.54) is 0 Å². The van der Waals surface area contributed by atoms with Crippen molar-refractivity contribution in [1.29, 1.82) is 0 Å². The monoisotopic (exact) mass is 261 g/mol. The molecule has 1 aliphatic heterocycles. The average molecular weight is 261 g/mol. The molecule has 0 fully saturated rings. The van der Waals surface area contributed by atoms with E-state index in [1.807, 2.05) is 33.8 Å². The number of ether oxygens (including phenoxy) is 1. The molecule has 2 heterocycles. The van der Waals surface area contributed by atoms with Gasteiger partial charge in [0.2, 0.25) is 0 Å². The van der Waals surface area contributed by atoms with Crippen molar-refractivity contribution >= 4 is 11.7 Å². The summed E-state index contributed by atoms with van der Waals surface area (Å²) in [7, 11) is 0. The summed E-state index contributed by atoms with van der Waals surface area (Å²) in [5.74, 6) is 1.30. The molecular weight excluding hydrogens is 242 g/mol. The van der Waals surface area contributed by atoms with Crippen LogP contribution in [0, 0.1) is 5.92 Å². The second-order valence-electron chi connectivity index (χ2n) is 5.03. The van der Waals surface area contributed by atoms with Gasteiger partial charge in [-0.15, -0.1) is 0 Å². The predicted octanol–water partition coefficient (Wildman–Crippen LogP) is 1.77. The number of aliphatic imine (C=N–C) groups is 1. The summed E-state index contributed by atoms with van der Waals surface area (Å²) in [5, 5.41) is 2.80. The standard InChI is InChI=1S/C14H19N3O2/c1-5-19-10-6-7-11(15-8-10)12-16-13(18)14(4,17-12)9(2)3/h6-9H,5H2,1-4H3,(H,16,17,18). The lowest BCUT2D eigenvalue weighted by molar-refractivity contribution is -0.124.